The first-order valence-electron chi connectivity index (χ1n) is 8.55. The van der Waals surface area contributed by atoms with Crippen LogP contribution in [0.4, 0.5) is 0 Å². The lowest BCUT2D eigenvalue weighted by Crippen LogP contribution is -2.34. The van der Waals surface area contributed by atoms with E-state index in [0.717, 1.165) is 24.9 Å². The molecule has 1 amide bonds. The summed E-state index contributed by atoms with van der Waals surface area (Å²) in [6.45, 7) is 2.52. The smallest absolute Gasteiger partial charge is 0.276 e. The lowest BCUT2D eigenvalue weighted by atomic mass is 10.0. The van der Waals surface area contributed by atoms with Gasteiger partial charge < -0.3 is 4.90 Å². The molecule has 1 saturated heterocycles. The van der Waals surface area contributed by atoms with Crippen LogP contribution in [-0.4, -0.2) is 31.9 Å². The van der Waals surface area contributed by atoms with Gasteiger partial charge in [0.2, 0.25) is 5.91 Å². The lowest BCUT2D eigenvalue weighted by molar-refractivity contribution is -0.131. The summed E-state index contributed by atoms with van der Waals surface area (Å²) in [6.07, 6.45) is 3.70. The predicted octanol–water partition coefficient (Wildman–Crippen LogP) is 2.24. The second-order valence-corrected chi connectivity index (χ2v) is 6.47. The number of likely N-dealkylation sites (tertiary alicyclic amines) is 1. The third-order valence-electron chi connectivity index (χ3n) is 4.93. The number of H-pyrrole nitrogens is 1. The van der Waals surface area contributed by atoms with Crippen LogP contribution in [-0.2, 0) is 11.2 Å². The molecule has 0 aliphatic carbocycles. The number of aryl methyl sites for hydroxylation is 1. The van der Waals surface area contributed by atoms with Crippen LogP contribution in [0.3, 0.4) is 0 Å². The average molecular weight is 336 g/mol. The Morgan fingerprint density at radius 3 is 2.88 bits per heavy atom. The van der Waals surface area contributed by atoms with Gasteiger partial charge in [-0.05, 0) is 25.3 Å². The average Bonchev–Trinajstić information content (AvgIpc) is 3.28. The second kappa shape index (κ2) is 6.20. The summed E-state index contributed by atoms with van der Waals surface area (Å²) in [5.41, 5.74) is 2.61. The van der Waals surface area contributed by atoms with Crippen molar-refractivity contribution in [1.29, 1.82) is 0 Å². The van der Waals surface area contributed by atoms with Crippen molar-refractivity contribution >= 4 is 11.6 Å². The number of hydrogen-bond acceptors (Lipinski definition) is 3. The molecular formula is C19H20N4O2. The molecule has 1 atom stereocenters. The summed E-state index contributed by atoms with van der Waals surface area (Å²) < 4.78 is 1.38. The number of nitrogens with zero attached hydrogens (tertiary/aromatic N) is 3. The number of nitrogens with one attached hydrogen (secondary N) is 1. The molecule has 4 rings (SSSR count). The van der Waals surface area contributed by atoms with E-state index in [9.17, 15) is 9.59 Å². The molecule has 6 nitrogen and oxygen atoms in total. The van der Waals surface area contributed by atoms with Gasteiger partial charge in [0.15, 0.2) is 5.65 Å². The first-order chi connectivity index (χ1) is 12.1. The van der Waals surface area contributed by atoms with Crippen molar-refractivity contribution in [3.05, 3.63) is 69.8 Å². The Balaban J connectivity index is 1.63. The van der Waals surface area contributed by atoms with Crippen LogP contribution in [0.25, 0.3) is 5.65 Å². The van der Waals surface area contributed by atoms with Gasteiger partial charge in [0.05, 0.1) is 12.5 Å². The number of fused-ring (bicyclic) bond motifs is 1. The second-order valence-electron chi connectivity index (χ2n) is 6.47. The molecule has 0 unspecified atom stereocenters. The van der Waals surface area contributed by atoms with E-state index in [2.05, 4.69) is 22.2 Å². The van der Waals surface area contributed by atoms with Gasteiger partial charge in [-0.15, -0.1) is 0 Å². The van der Waals surface area contributed by atoms with Crippen LogP contribution in [0, 0.1) is 6.92 Å². The molecular weight excluding hydrogens is 316 g/mol. The molecule has 1 aliphatic heterocycles. The van der Waals surface area contributed by atoms with Crippen molar-refractivity contribution in [3.63, 3.8) is 0 Å². The van der Waals surface area contributed by atoms with Gasteiger partial charge in [-0.1, -0.05) is 30.3 Å². The summed E-state index contributed by atoms with van der Waals surface area (Å²) in [5.74, 6) is -0.0140. The highest BCUT2D eigenvalue weighted by Crippen LogP contribution is 2.32. The van der Waals surface area contributed by atoms with E-state index in [1.807, 2.05) is 23.1 Å². The van der Waals surface area contributed by atoms with E-state index in [1.54, 1.807) is 19.2 Å². The van der Waals surface area contributed by atoms with E-state index in [4.69, 9.17) is 0 Å². The standard InChI is InChI=1S/C19H20N4O2/c1-13-15(19(25)23-17(21-13)9-10-20-23)12-18(24)22-11-5-8-16(22)14-6-3-2-4-7-14/h2-4,6-7,9-10,16,20H,5,8,11-12H2,1H3/t16-/m0/s1. The SMILES string of the molecule is Cc1nc2cc[nH]n2c(=O)c1CC(=O)N1CCC[C@H]1c1ccccc1. The Hall–Kier alpha value is -2.89. The van der Waals surface area contributed by atoms with E-state index >= 15 is 0 Å². The molecule has 1 fully saturated rings. The topological polar surface area (TPSA) is 70.5 Å². The zero-order chi connectivity index (χ0) is 17.4. The molecule has 1 aromatic carbocycles. The minimum absolute atomic E-state index is 0.0140. The predicted molar refractivity (Wildman–Crippen MR) is 94.4 cm³/mol. The third-order valence-corrected chi connectivity index (χ3v) is 4.93. The Labute approximate surface area is 145 Å². The number of carbonyl (C=O) groups excluding carboxylic acids is 1. The van der Waals surface area contributed by atoms with Crippen molar-refractivity contribution < 1.29 is 4.79 Å². The molecule has 1 aliphatic rings. The number of rotatable bonds is 3. The zero-order valence-electron chi connectivity index (χ0n) is 14.1. The summed E-state index contributed by atoms with van der Waals surface area (Å²) >= 11 is 0. The number of amides is 1. The maximum atomic E-state index is 12.9. The fraction of sp³-hybridized carbons (Fsp3) is 0.316. The summed E-state index contributed by atoms with van der Waals surface area (Å²) in [4.78, 5) is 31.9. The fourth-order valence-electron chi connectivity index (χ4n) is 3.65. The number of carbonyl (C=O) groups is 1. The van der Waals surface area contributed by atoms with Crippen molar-refractivity contribution in [2.45, 2.75) is 32.2 Å². The van der Waals surface area contributed by atoms with Gasteiger partial charge in [0.25, 0.3) is 5.56 Å². The molecule has 0 spiro atoms. The summed E-state index contributed by atoms with van der Waals surface area (Å²) in [6, 6.07) is 11.9. The highest BCUT2D eigenvalue weighted by molar-refractivity contribution is 5.79. The Morgan fingerprint density at radius 1 is 1.28 bits per heavy atom. The first-order valence-corrected chi connectivity index (χ1v) is 8.55. The number of aromatic nitrogens is 3. The summed E-state index contributed by atoms with van der Waals surface area (Å²) in [7, 11) is 0. The van der Waals surface area contributed by atoms with Crippen LogP contribution in [0.5, 0.6) is 0 Å². The maximum Gasteiger partial charge on any atom is 0.276 e. The van der Waals surface area contributed by atoms with Crippen LogP contribution < -0.4 is 5.56 Å². The molecule has 2 aromatic heterocycles. The minimum Gasteiger partial charge on any atom is -0.335 e. The fourth-order valence-corrected chi connectivity index (χ4v) is 3.65. The molecule has 1 N–H and O–H groups in total. The molecule has 25 heavy (non-hydrogen) atoms. The summed E-state index contributed by atoms with van der Waals surface area (Å²) in [5, 5.41) is 2.85. The Bertz CT molecular complexity index is 974. The Morgan fingerprint density at radius 2 is 2.08 bits per heavy atom. The van der Waals surface area contributed by atoms with Crippen molar-refractivity contribution in [3.8, 4) is 0 Å². The quantitative estimate of drug-likeness (QED) is 0.797. The number of benzene rings is 1. The molecule has 0 saturated carbocycles. The van der Waals surface area contributed by atoms with Crippen LogP contribution in [0.1, 0.15) is 35.7 Å². The van der Waals surface area contributed by atoms with Crippen molar-refractivity contribution in [2.24, 2.45) is 0 Å². The molecule has 6 heteroatoms. The molecule has 0 bridgehead atoms. The van der Waals surface area contributed by atoms with E-state index in [-0.39, 0.29) is 23.9 Å². The van der Waals surface area contributed by atoms with E-state index < -0.39 is 0 Å². The van der Waals surface area contributed by atoms with Crippen LogP contribution in [0.2, 0.25) is 0 Å². The number of aromatic amines is 1. The molecule has 128 valence electrons. The number of hydrogen-bond donors (Lipinski definition) is 1. The van der Waals surface area contributed by atoms with Crippen LogP contribution >= 0.6 is 0 Å². The highest BCUT2D eigenvalue weighted by Gasteiger charge is 2.30. The lowest BCUT2D eigenvalue weighted by Gasteiger charge is -2.25. The Kier molecular flexibility index (Phi) is 3.87. The van der Waals surface area contributed by atoms with Crippen molar-refractivity contribution in [2.75, 3.05) is 6.54 Å². The largest absolute Gasteiger partial charge is 0.335 e. The van der Waals surface area contributed by atoms with Gasteiger partial charge in [-0.3, -0.25) is 14.7 Å². The van der Waals surface area contributed by atoms with Crippen LogP contribution in [0.15, 0.2) is 47.4 Å². The van der Waals surface area contributed by atoms with E-state index in [1.165, 1.54) is 4.52 Å². The van der Waals surface area contributed by atoms with Gasteiger partial charge in [-0.25, -0.2) is 9.50 Å². The monoisotopic (exact) mass is 336 g/mol. The highest BCUT2D eigenvalue weighted by atomic mass is 16.2. The first kappa shape index (κ1) is 15.6. The van der Waals surface area contributed by atoms with Gasteiger partial charge in [0.1, 0.15) is 0 Å². The molecule has 3 aromatic rings. The maximum absolute atomic E-state index is 12.9. The van der Waals surface area contributed by atoms with Gasteiger partial charge in [0, 0.05) is 30.1 Å². The van der Waals surface area contributed by atoms with Gasteiger partial charge in [-0.2, -0.15) is 0 Å². The normalized spacial score (nSPS) is 17.3. The van der Waals surface area contributed by atoms with E-state index in [0.29, 0.717) is 16.9 Å². The van der Waals surface area contributed by atoms with Gasteiger partial charge >= 0.3 is 0 Å². The molecule has 0 radical (unpaired) electrons. The minimum atomic E-state index is -0.198. The van der Waals surface area contributed by atoms with Crippen molar-refractivity contribution in [1.82, 2.24) is 19.5 Å². The third kappa shape index (κ3) is 2.73. The zero-order valence-corrected chi connectivity index (χ0v) is 14.1. The molecule has 3 heterocycles.